The maximum Gasteiger partial charge on any atom is 0.255 e. The predicted octanol–water partition coefficient (Wildman–Crippen LogP) is 2.47. The Morgan fingerprint density at radius 2 is 2.14 bits per heavy atom. The van der Waals surface area contributed by atoms with E-state index in [0.29, 0.717) is 35.2 Å². The van der Waals surface area contributed by atoms with Crippen molar-refractivity contribution in [3.63, 3.8) is 0 Å². The highest BCUT2D eigenvalue weighted by atomic mass is 35.5. The van der Waals surface area contributed by atoms with Gasteiger partial charge in [0.25, 0.3) is 5.91 Å². The van der Waals surface area contributed by atoms with Gasteiger partial charge in [-0.1, -0.05) is 29.8 Å². The number of benzene rings is 2. The molecule has 0 saturated carbocycles. The number of ether oxygens (including phenoxy) is 2. The Labute approximate surface area is 176 Å². The van der Waals surface area contributed by atoms with Crippen molar-refractivity contribution < 1.29 is 14.3 Å². The minimum absolute atomic E-state index is 0.0697. The highest BCUT2D eigenvalue weighted by molar-refractivity contribution is 6.33. The van der Waals surface area contributed by atoms with Gasteiger partial charge in [0.15, 0.2) is 0 Å². The van der Waals surface area contributed by atoms with Crippen molar-refractivity contribution in [2.45, 2.75) is 6.10 Å². The summed E-state index contributed by atoms with van der Waals surface area (Å²) in [5, 5.41) is 6.64. The predicted molar refractivity (Wildman–Crippen MR) is 116 cm³/mol. The second-order valence-corrected chi connectivity index (χ2v) is 7.28. The number of nitrogens with two attached hydrogens (primary N) is 1. The number of para-hydroxylation sites is 1. The topological polar surface area (TPSA) is 88.8 Å². The lowest BCUT2D eigenvalue weighted by Crippen LogP contribution is -2.48. The highest BCUT2D eigenvalue weighted by Crippen LogP contribution is 2.28. The van der Waals surface area contributed by atoms with Gasteiger partial charge in [-0.05, 0) is 18.2 Å². The minimum Gasteiger partial charge on any atom is -0.496 e. The molecule has 0 aliphatic carbocycles. The summed E-state index contributed by atoms with van der Waals surface area (Å²) in [5.74, 6) is 0.123. The Morgan fingerprint density at radius 3 is 2.90 bits per heavy atom. The third-order valence-corrected chi connectivity index (χ3v) is 5.13. The molecule has 1 amide bonds. The molecule has 0 aromatic heterocycles. The van der Waals surface area contributed by atoms with Crippen LogP contribution in [-0.4, -0.2) is 63.4 Å². The summed E-state index contributed by atoms with van der Waals surface area (Å²) >= 11 is 6.05. The van der Waals surface area contributed by atoms with Gasteiger partial charge in [0.2, 0.25) is 0 Å². The lowest BCUT2D eigenvalue weighted by Gasteiger charge is -2.33. The van der Waals surface area contributed by atoms with Crippen LogP contribution in [-0.2, 0) is 4.74 Å². The van der Waals surface area contributed by atoms with Crippen LogP contribution < -0.4 is 21.1 Å². The Bertz CT molecular complexity index is 819. The van der Waals surface area contributed by atoms with Crippen LogP contribution in [0.25, 0.3) is 0 Å². The number of methoxy groups -OCH3 is 1. The van der Waals surface area contributed by atoms with Crippen molar-refractivity contribution in [1.29, 1.82) is 0 Å². The third kappa shape index (κ3) is 6.00. The van der Waals surface area contributed by atoms with E-state index >= 15 is 0 Å². The Kier molecular flexibility index (Phi) is 7.57. The number of nitrogens with zero attached hydrogens (tertiary/aromatic N) is 1. The van der Waals surface area contributed by atoms with Crippen molar-refractivity contribution in [2.75, 3.05) is 57.5 Å². The van der Waals surface area contributed by atoms with E-state index in [0.717, 1.165) is 31.9 Å². The summed E-state index contributed by atoms with van der Waals surface area (Å²) < 4.78 is 11.1. The molecule has 1 heterocycles. The second kappa shape index (κ2) is 10.3. The van der Waals surface area contributed by atoms with Crippen LogP contribution in [0, 0.1) is 0 Å². The van der Waals surface area contributed by atoms with Crippen molar-refractivity contribution in [2.24, 2.45) is 0 Å². The summed E-state index contributed by atoms with van der Waals surface area (Å²) in [5.41, 5.74) is 7.61. The molecule has 4 N–H and O–H groups in total. The molecular formula is C21H27ClN4O3. The zero-order valence-electron chi connectivity index (χ0n) is 16.5. The molecular weight excluding hydrogens is 392 g/mol. The molecule has 2 aromatic rings. The Balaban J connectivity index is 1.47. The van der Waals surface area contributed by atoms with Crippen molar-refractivity contribution in [1.82, 2.24) is 10.2 Å². The summed E-state index contributed by atoms with van der Waals surface area (Å²) in [6, 6.07) is 13.2. The van der Waals surface area contributed by atoms with E-state index in [2.05, 4.69) is 27.7 Å². The van der Waals surface area contributed by atoms with E-state index in [9.17, 15) is 4.79 Å². The molecule has 29 heavy (non-hydrogen) atoms. The number of morpholine rings is 1. The monoisotopic (exact) mass is 418 g/mol. The van der Waals surface area contributed by atoms with E-state index in [4.69, 9.17) is 26.8 Å². The average Bonchev–Trinajstić information content (AvgIpc) is 2.74. The van der Waals surface area contributed by atoms with Crippen LogP contribution in [0.3, 0.4) is 0 Å². The molecule has 1 unspecified atom stereocenters. The van der Waals surface area contributed by atoms with Gasteiger partial charge in [0.1, 0.15) is 5.75 Å². The van der Waals surface area contributed by atoms with Gasteiger partial charge >= 0.3 is 0 Å². The molecule has 1 aliphatic rings. The van der Waals surface area contributed by atoms with Crippen LogP contribution in [0.4, 0.5) is 11.4 Å². The SMILES string of the molecule is COc1cc(N)c(Cl)cc1C(=O)NCC1CN(CCNc2ccccc2)CCO1. The zero-order valence-corrected chi connectivity index (χ0v) is 17.2. The van der Waals surface area contributed by atoms with Gasteiger partial charge in [-0.2, -0.15) is 0 Å². The average molecular weight is 419 g/mol. The van der Waals surface area contributed by atoms with E-state index in [-0.39, 0.29) is 12.0 Å². The molecule has 156 valence electrons. The van der Waals surface area contributed by atoms with Crippen molar-refractivity contribution in [3.8, 4) is 5.75 Å². The second-order valence-electron chi connectivity index (χ2n) is 6.87. The highest BCUT2D eigenvalue weighted by Gasteiger charge is 2.22. The zero-order chi connectivity index (χ0) is 20.6. The molecule has 0 spiro atoms. The number of carbonyl (C=O) groups excluding carboxylic acids is 1. The van der Waals surface area contributed by atoms with E-state index in [1.54, 1.807) is 6.07 Å². The first kappa shape index (κ1) is 21.2. The van der Waals surface area contributed by atoms with Gasteiger partial charge in [0, 0.05) is 44.5 Å². The number of nitrogen functional groups attached to an aromatic ring is 1. The smallest absolute Gasteiger partial charge is 0.255 e. The van der Waals surface area contributed by atoms with Gasteiger partial charge in [-0.15, -0.1) is 0 Å². The number of rotatable bonds is 8. The quantitative estimate of drug-likeness (QED) is 0.571. The molecule has 3 rings (SSSR count). The van der Waals surface area contributed by atoms with Gasteiger partial charge in [-0.3, -0.25) is 9.69 Å². The summed E-state index contributed by atoms with van der Waals surface area (Å²) in [6.07, 6.45) is -0.0697. The molecule has 7 nitrogen and oxygen atoms in total. The fourth-order valence-corrected chi connectivity index (χ4v) is 3.40. The first-order valence-electron chi connectivity index (χ1n) is 9.61. The maximum absolute atomic E-state index is 12.6. The number of amides is 1. The first-order valence-corrected chi connectivity index (χ1v) is 9.98. The lowest BCUT2D eigenvalue weighted by molar-refractivity contribution is -0.0250. The van der Waals surface area contributed by atoms with E-state index in [1.807, 2.05) is 18.2 Å². The molecule has 8 heteroatoms. The van der Waals surface area contributed by atoms with Crippen LogP contribution in [0.5, 0.6) is 5.75 Å². The molecule has 1 fully saturated rings. The first-order chi connectivity index (χ1) is 14.1. The third-order valence-electron chi connectivity index (χ3n) is 4.81. The molecule has 2 aromatic carbocycles. The molecule has 1 atom stereocenters. The molecule has 0 bridgehead atoms. The van der Waals surface area contributed by atoms with Crippen LogP contribution in [0.2, 0.25) is 5.02 Å². The largest absolute Gasteiger partial charge is 0.496 e. The molecule has 0 radical (unpaired) electrons. The number of carbonyl (C=O) groups is 1. The van der Waals surface area contributed by atoms with E-state index < -0.39 is 0 Å². The number of nitrogens with one attached hydrogen (secondary N) is 2. The lowest BCUT2D eigenvalue weighted by atomic mass is 10.1. The van der Waals surface area contributed by atoms with E-state index in [1.165, 1.54) is 13.2 Å². The minimum atomic E-state index is -0.268. The van der Waals surface area contributed by atoms with Gasteiger partial charge < -0.3 is 25.8 Å². The fourth-order valence-electron chi connectivity index (χ4n) is 3.24. The normalized spacial score (nSPS) is 17.0. The fraction of sp³-hybridized carbons (Fsp3) is 0.381. The summed E-state index contributed by atoms with van der Waals surface area (Å²) in [6.45, 7) is 4.45. The molecule has 1 saturated heterocycles. The van der Waals surface area contributed by atoms with Crippen LogP contribution >= 0.6 is 11.6 Å². The Morgan fingerprint density at radius 1 is 1.34 bits per heavy atom. The standard InChI is InChI=1S/C21H27ClN4O3/c1-28-20-12-19(23)18(22)11-17(20)21(27)25-13-16-14-26(9-10-29-16)8-7-24-15-5-3-2-4-6-15/h2-6,11-12,16,24H,7-10,13-14,23H2,1H3,(H,25,27). The van der Waals surface area contributed by atoms with Crippen LogP contribution in [0.15, 0.2) is 42.5 Å². The number of anilines is 2. The number of hydrogen-bond donors (Lipinski definition) is 3. The number of halogens is 1. The van der Waals surface area contributed by atoms with Crippen molar-refractivity contribution in [3.05, 3.63) is 53.1 Å². The Hall–Kier alpha value is -2.48. The number of hydrogen-bond acceptors (Lipinski definition) is 6. The maximum atomic E-state index is 12.6. The summed E-state index contributed by atoms with van der Waals surface area (Å²) in [7, 11) is 1.49. The summed E-state index contributed by atoms with van der Waals surface area (Å²) in [4.78, 5) is 14.9. The van der Waals surface area contributed by atoms with Crippen LogP contribution in [0.1, 0.15) is 10.4 Å². The molecule has 1 aliphatic heterocycles. The van der Waals surface area contributed by atoms with Gasteiger partial charge in [0.05, 0.1) is 36.1 Å². The van der Waals surface area contributed by atoms with Gasteiger partial charge in [-0.25, -0.2) is 0 Å². The van der Waals surface area contributed by atoms with Crippen molar-refractivity contribution >= 4 is 28.9 Å².